The minimum atomic E-state index is -3.24. The fourth-order valence-corrected chi connectivity index (χ4v) is 2.52. The average Bonchev–Trinajstić information content (AvgIpc) is 2.20. The molecular weight excluding hydrogens is 219 g/mol. The molecule has 0 saturated carbocycles. The molecule has 0 N–H and O–H groups in total. The first-order valence-electron chi connectivity index (χ1n) is 4.53. The molecule has 5 nitrogen and oxygen atoms in total. The van der Waals surface area contributed by atoms with Gasteiger partial charge in [0.15, 0.2) is 0 Å². The molecule has 6 heteroatoms. The van der Waals surface area contributed by atoms with Crippen molar-refractivity contribution in [3.8, 4) is 0 Å². The van der Waals surface area contributed by atoms with E-state index in [4.69, 9.17) is 9.05 Å². The van der Waals surface area contributed by atoms with Gasteiger partial charge in [0.1, 0.15) is 0 Å². The van der Waals surface area contributed by atoms with Gasteiger partial charge in [0.25, 0.3) is 0 Å². The predicted octanol–water partition coefficient (Wildman–Crippen LogP) is 1.94. The molecule has 1 heterocycles. The van der Waals surface area contributed by atoms with E-state index < -0.39 is 13.6 Å². The molecule has 0 aliphatic carbocycles. The van der Waals surface area contributed by atoms with Gasteiger partial charge in [0, 0.05) is 17.3 Å². The van der Waals surface area contributed by atoms with Gasteiger partial charge in [-0.2, -0.15) is 0 Å². The van der Waals surface area contributed by atoms with Crippen LogP contribution in [0.5, 0.6) is 0 Å². The van der Waals surface area contributed by atoms with E-state index in [-0.39, 0.29) is 5.41 Å². The van der Waals surface area contributed by atoms with Crippen LogP contribution in [0.15, 0.2) is 11.9 Å². The van der Waals surface area contributed by atoms with Crippen molar-refractivity contribution in [2.75, 3.05) is 20.3 Å². The van der Waals surface area contributed by atoms with Crippen molar-refractivity contribution in [2.45, 2.75) is 13.8 Å². The van der Waals surface area contributed by atoms with Crippen LogP contribution < -0.4 is 0 Å². The maximum Gasteiger partial charge on any atom is 0.354 e. The molecule has 1 aliphatic rings. The van der Waals surface area contributed by atoms with Crippen molar-refractivity contribution in [1.29, 1.82) is 0 Å². The predicted molar refractivity (Wildman–Crippen MR) is 54.4 cm³/mol. The van der Waals surface area contributed by atoms with Gasteiger partial charge in [-0.15, -0.1) is 0 Å². The van der Waals surface area contributed by atoms with Crippen molar-refractivity contribution in [3.63, 3.8) is 0 Å². The van der Waals surface area contributed by atoms with Gasteiger partial charge >= 0.3 is 13.6 Å². The van der Waals surface area contributed by atoms with Gasteiger partial charge in [-0.05, 0) is 0 Å². The fourth-order valence-electron chi connectivity index (χ4n) is 0.915. The molecule has 0 unspecified atom stereocenters. The fraction of sp³-hybridized carbons (Fsp3) is 0.667. The van der Waals surface area contributed by atoms with E-state index >= 15 is 0 Å². The first kappa shape index (κ1) is 12.4. The van der Waals surface area contributed by atoms with Crippen molar-refractivity contribution >= 4 is 13.6 Å². The lowest BCUT2D eigenvalue weighted by Gasteiger charge is -2.32. The van der Waals surface area contributed by atoms with Crippen LogP contribution in [0.4, 0.5) is 0 Å². The van der Waals surface area contributed by atoms with Crippen LogP contribution in [0, 0.1) is 5.41 Å². The zero-order valence-corrected chi connectivity index (χ0v) is 9.95. The number of rotatable bonds is 2. The Kier molecular flexibility index (Phi) is 3.71. The van der Waals surface area contributed by atoms with Crippen LogP contribution in [-0.2, 0) is 23.1 Å². The lowest BCUT2D eigenvalue weighted by atomic mass is 9.97. The van der Waals surface area contributed by atoms with Crippen LogP contribution in [-0.4, -0.2) is 26.3 Å². The maximum atomic E-state index is 11.8. The van der Waals surface area contributed by atoms with E-state index in [9.17, 15) is 9.36 Å². The van der Waals surface area contributed by atoms with Crippen molar-refractivity contribution in [2.24, 2.45) is 5.41 Å². The monoisotopic (exact) mass is 234 g/mol. The summed E-state index contributed by atoms with van der Waals surface area (Å²) in [6.07, 6.45) is 1.05. The van der Waals surface area contributed by atoms with Crippen LogP contribution in [0.3, 0.4) is 0 Å². The largest absolute Gasteiger partial charge is 0.466 e. The van der Waals surface area contributed by atoms with E-state index in [1.54, 1.807) is 0 Å². The van der Waals surface area contributed by atoms with Crippen molar-refractivity contribution in [3.05, 3.63) is 11.9 Å². The summed E-state index contributed by atoms with van der Waals surface area (Å²) in [4.78, 5) is 10.8. The Morgan fingerprint density at radius 1 is 1.40 bits per heavy atom. The summed E-state index contributed by atoms with van der Waals surface area (Å²) in [6, 6.07) is 0. The highest BCUT2D eigenvalue weighted by Crippen LogP contribution is 2.54. The zero-order chi connectivity index (χ0) is 11.5. The lowest BCUT2D eigenvalue weighted by Crippen LogP contribution is -2.28. The highest BCUT2D eigenvalue weighted by Gasteiger charge is 2.34. The van der Waals surface area contributed by atoms with Gasteiger partial charge in [0.05, 0.1) is 20.3 Å². The Balaban J connectivity index is 2.60. The second-order valence-corrected chi connectivity index (χ2v) is 5.98. The van der Waals surface area contributed by atoms with Crippen LogP contribution in [0.2, 0.25) is 0 Å². The number of carbonyl (C=O) groups is 1. The number of ether oxygens (including phenoxy) is 1. The molecular formula is C9H15O5P. The number of carbonyl (C=O) groups excluding carboxylic acids is 1. The van der Waals surface area contributed by atoms with Gasteiger partial charge < -0.3 is 13.8 Å². The number of esters is 1. The Morgan fingerprint density at radius 3 is 2.40 bits per heavy atom. The average molecular weight is 234 g/mol. The summed E-state index contributed by atoms with van der Waals surface area (Å²) in [7, 11) is -2.00. The summed E-state index contributed by atoms with van der Waals surface area (Å²) in [6.45, 7) is 4.58. The minimum absolute atomic E-state index is 0.146. The quantitative estimate of drug-likeness (QED) is 0.415. The summed E-state index contributed by atoms with van der Waals surface area (Å²) in [5, 5.41) is 0. The summed E-state index contributed by atoms with van der Waals surface area (Å²) >= 11 is 0. The van der Waals surface area contributed by atoms with Crippen LogP contribution in [0.25, 0.3) is 0 Å². The number of hydrogen-bond acceptors (Lipinski definition) is 5. The molecule has 0 amide bonds. The van der Waals surface area contributed by atoms with Gasteiger partial charge in [-0.25, -0.2) is 4.79 Å². The lowest BCUT2D eigenvalue weighted by molar-refractivity contribution is -0.134. The first-order valence-corrected chi connectivity index (χ1v) is 6.14. The summed E-state index contributed by atoms with van der Waals surface area (Å²) in [5.74, 6) is 0.552. The highest BCUT2D eigenvalue weighted by molar-refractivity contribution is 7.57. The third kappa shape index (κ3) is 3.78. The second kappa shape index (κ2) is 4.47. The van der Waals surface area contributed by atoms with Crippen molar-refractivity contribution < 1.29 is 23.1 Å². The molecule has 15 heavy (non-hydrogen) atoms. The molecule has 0 spiro atoms. The van der Waals surface area contributed by atoms with E-state index in [2.05, 4.69) is 4.74 Å². The maximum absolute atomic E-state index is 11.8. The molecule has 0 aromatic rings. The van der Waals surface area contributed by atoms with E-state index in [0.717, 1.165) is 11.9 Å². The molecule has 1 aliphatic heterocycles. The van der Waals surface area contributed by atoms with Crippen LogP contribution in [0.1, 0.15) is 13.8 Å². The third-order valence-electron chi connectivity index (χ3n) is 1.86. The molecule has 0 aromatic heterocycles. The van der Waals surface area contributed by atoms with Gasteiger partial charge in [-0.1, -0.05) is 13.8 Å². The molecule has 0 radical (unpaired) electrons. The molecule has 86 valence electrons. The van der Waals surface area contributed by atoms with Crippen LogP contribution >= 0.6 is 7.60 Å². The normalized spacial score (nSPS) is 23.9. The van der Waals surface area contributed by atoms with E-state index in [0.29, 0.717) is 13.2 Å². The number of hydrogen-bond donors (Lipinski definition) is 0. The molecule has 1 saturated heterocycles. The summed E-state index contributed by atoms with van der Waals surface area (Å²) < 4.78 is 26.4. The van der Waals surface area contributed by atoms with E-state index in [1.807, 2.05) is 13.8 Å². The second-order valence-electron chi connectivity index (χ2n) is 4.09. The molecule has 0 atom stereocenters. The Morgan fingerprint density at radius 2 is 1.93 bits per heavy atom. The molecule has 0 aromatic carbocycles. The third-order valence-corrected chi connectivity index (χ3v) is 3.36. The Labute approximate surface area is 88.9 Å². The topological polar surface area (TPSA) is 61.8 Å². The smallest absolute Gasteiger partial charge is 0.354 e. The Hall–Kier alpha value is -0.640. The minimum Gasteiger partial charge on any atom is -0.466 e. The molecule has 1 fully saturated rings. The molecule has 1 rings (SSSR count). The first-order chi connectivity index (χ1) is 6.87. The zero-order valence-electron chi connectivity index (χ0n) is 9.06. The van der Waals surface area contributed by atoms with Crippen molar-refractivity contribution in [1.82, 2.24) is 0 Å². The standard InChI is InChI=1S/C9H15O5P/c1-9(2)6-13-15(11,14-7-9)5-4-8(10)12-3/h4-5H,6-7H2,1-3H3/b5-4+. The van der Waals surface area contributed by atoms with Gasteiger partial charge in [0.2, 0.25) is 0 Å². The van der Waals surface area contributed by atoms with Gasteiger partial charge in [-0.3, -0.25) is 4.57 Å². The highest BCUT2D eigenvalue weighted by atomic mass is 31.2. The van der Waals surface area contributed by atoms with E-state index in [1.165, 1.54) is 7.11 Å². The summed E-state index contributed by atoms with van der Waals surface area (Å²) in [5.41, 5.74) is -0.146. The SMILES string of the molecule is COC(=O)/C=C/P1(=O)OCC(C)(C)CO1. The number of methoxy groups -OCH3 is 1. The molecule has 0 bridgehead atoms. The Bertz CT molecular complexity index is 306.